The summed E-state index contributed by atoms with van der Waals surface area (Å²) < 4.78 is 17.6. The van der Waals surface area contributed by atoms with Crippen molar-refractivity contribution in [1.82, 2.24) is 15.4 Å². The van der Waals surface area contributed by atoms with Gasteiger partial charge < -0.3 is 18.9 Å². The number of esters is 1. The number of rotatable bonds is 8. The number of carbonyl (C=O) groups is 2. The Balaban J connectivity index is 1.38. The summed E-state index contributed by atoms with van der Waals surface area (Å²) in [7, 11) is 2.84. The summed E-state index contributed by atoms with van der Waals surface area (Å²) in [6.07, 6.45) is 2.10. The third kappa shape index (κ3) is 5.57. The topological polar surface area (TPSA) is 114 Å². The maximum atomic E-state index is 13.1. The molecule has 10 heteroatoms. The average molecular weight is 590 g/mol. The molecule has 0 saturated heterocycles. The van der Waals surface area contributed by atoms with Crippen LogP contribution in [0, 0.1) is 0 Å². The van der Waals surface area contributed by atoms with Gasteiger partial charge in [0.25, 0.3) is 0 Å². The molecule has 0 unspecified atom stereocenters. The van der Waals surface area contributed by atoms with Crippen molar-refractivity contribution in [2.75, 3.05) is 14.2 Å². The number of fused-ring (bicyclic) bond motifs is 2. The Morgan fingerprint density at radius 3 is 2.62 bits per heavy atom. The first-order chi connectivity index (χ1) is 18.8. The molecule has 0 aliphatic carbocycles. The molecule has 0 radical (unpaired) electrons. The number of hydrogen-bond donors (Lipinski definition) is 2. The number of aromatic amines is 1. The van der Waals surface area contributed by atoms with E-state index in [0.717, 1.165) is 27.0 Å². The minimum absolute atomic E-state index is 0.188. The molecule has 198 valence electrons. The minimum Gasteiger partial charge on any atom is -0.468 e. The van der Waals surface area contributed by atoms with Crippen molar-refractivity contribution in [3.8, 4) is 11.5 Å². The SMILES string of the molecule is COC(=O)[C@H](Cc1c[nH]c2ccccc12)N(C)NC(=O)c1cc(=O)c2c(Oc3ccc(Br)cc3)cccc2o1. The van der Waals surface area contributed by atoms with E-state index in [0.29, 0.717) is 11.5 Å². The molecule has 0 aliphatic heterocycles. The Morgan fingerprint density at radius 1 is 1.08 bits per heavy atom. The quantitative estimate of drug-likeness (QED) is 0.189. The second kappa shape index (κ2) is 11.1. The van der Waals surface area contributed by atoms with E-state index in [-0.39, 0.29) is 23.2 Å². The number of likely N-dealkylation sites (N-methyl/N-ethyl adjacent to an activating group) is 1. The van der Waals surface area contributed by atoms with E-state index < -0.39 is 23.3 Å². The predicted molar refractivity (Wildman–Crippen MR) is 150 cm³/mol. The van der Waals surface area contributed by atoms with Crippen LogP contribution < -0.4 is 15.6 Å². The number of benzene rings is 3. The van der Waals surface area contributed by atoms with Gasteiger partial charge in [0, 0.05) is 41.1 Å². The lowest BCUT2D eigenvalue weighted by Crippen LogP contribution is -2.50. The lowest BCUT2D eigenvalue weighted by atomic mass is 10.0. The second-order valence-electron chi connectivity index (χ2n) is 8.81. The Labute approximate surface area is 231 Å². The summed E-state index contributed by atoms with van der Waals surface area (Å²) in [5.74, 6) is -0.591. The number of ether oxygens (including phenoxy) is 2. The smallest absolute Gasteiger partial charge is 0.325 e. The molecule has 0 aliphatic rings. The molecule has 5 rings (SSSR count). The summed E-state index contributed by atoms with van der Waals surface area (Å²) in [4.78, 5) is 42.0. The van der Waals surface area contributed by atoms with Gasteiger partial charge in [-0.1, -0.05) is 40.2 Å². The van der Waals surface area contributed by atoms with Crippen molar-refractivity contribution in [2.45, 2.75) is 12.5 Å². The van der Waals surface area contributed by atoms with E-state index >= 15 is 0 Å². The zero-order chi connectivity index (χ0) is 27.5. The van der Waals surface area contributed by atoms with Gasteiger partial charge in [-0.15, -0.1) is 0 Å². The van der Waals surface area contributed by atoms with Gasteiger partial charge in [0.05, 0.1) is 7.11 Å². The fourth-order valence-corrected chi connectivity index (χ4v) is 4.59. The molecule has 1 atom stereocenters. The van der Waals surface area contributed by atoms with Crippen LogP contribution in [0.3, 0.4) is 0 Å². The largest absolute Gasteiger partial charge is 0.468 e. The van der Waals surface area contributed by atoms with Crippen molar-refractivity contribution in [3.05, 3.63) is 105 Å². The van der Waals surface area contributed by atoms with Crippen LogP contribution in [0.4, 0.5) is 0 Å². The number of hydrogen-bond acceptors (Lipinski definition) is 7. The fourth-order valence-electron chi connectivity index (χ4n) is 4.32. The average Bonchev–Trinajstić information content (AvgIpc) is 3.35. The van der Waals surface area contributed by atoms with Crippen LogP contribution in [0.2, 0.25) is 0 Å². The molecule has 2 aromatic heterocycles. The number of H-pyrrole nitrogens is 1. The highest BCUT2D eigenvalue weighted by molar-refractivity contribution is 9.10. The summed E-state index contributed by atoms with van der Waals surface area (Å²) in [5, 5.41) is 2.53. The van der Waals surface area contributed by atoms with E-state index in [2.05, 4.69) is 26.3 Å². The van der Waals surface area contributed by atoms with Gasteiger partial charge in [0.15, 0.2) is 11.2 Å². The van der Waals surface area contributed by atoms with E-state index in [4.69, 9.17) is 13.9 Å². The molecule has 0 bridgehead atoms. The summed E-state index contributed by atoms with van der Waals surface area (Å²) in [5.41, 5.74) is 4.20. The number of methoxy groups -OCH3 is 1. The summed E-state index contributed by atoms with van der Waals surface area (Å²) >= 11 is 3.38. The highest BCUT2D eigenvalue weighted by atomic mass is 79.9. The molecular formula is C29H24BrN3O6. The normalized spacial score (nSPS) is 12.0. The molecule has 0 fully saturated rings. The van der Waals surface area contributed by atoms with Crippen LogP contribution in [0.25, 0.3) is 21.9 Å². The first-order valence-electron chi connectivity index (χ1n) is 12.0. The maximum absolute atomic E-state index is 13.1. The minimum atomic E-state index is -0.837. The number of amides is 1. The van der Waals surface area contributed by atoms with E-state index in [1.54, 1.807) is 37.4 Å². The van der Waals surface area contributed by atoms with Crippen LogP contribution in [0.15, 0.2) is 92.7 Å². The molecule has 0 saturated carbocycles. The molecule has 9 nitrogen and oxygen atoms in total. The monoisotopic (exact) mass is 589 g/mol. The third-order valence-electron chi connectivity index (χ3n) is 6.29. The molecule has 2 heterocycles. The molecule has 0 spiro atoms. The molecule has 2 N–H and O–H groups in total. The van der Waals surface area contributed by atoms with Crippen molar-refractivity contribution in [1.29, 1.82) is 0 Å². The number of halogens is 1. The van der Waals surface area contributed by atoms with E-state index in [9.17, 15) is 14.4 Å². The lowest BCUT2D eigenvalue weighted by Gasteiger charge is -2.26. The van der Waals surface area contributed by atoms with Gasteiger partial charge in [0.2, 0.25) is 0 Å². The third-order valence-corrected chi connectivity index (χ3v) is 6.82. The standard InChI is InChI=1S/C29H24BrN3O6/c1-33(22(29(36)37-2)14-17-16-31-21-7-4-3-6-20(17)21)32-28(35)26-15-23(34)27-24(8-5-9-25(27)39-26)38-19-12-10-18(30)11-13-19/h3-13,15-16,22,31H,14H2,1-2H3,(H,32,35)/t22-/m0/s1. The first-order valence-corrected chi connectivity index (χ1v) is 12.8. The van der Waals surface area contributed by atoms with Gasteiger partial charge in [-0.3, -0.25) is 19.8 Å². The van der Waals surface area contributed by atoms with Gasteiger partial charge in [0.1, 0.15) is 28.5 Å². The molecule has 39 heavy (non-hydrogen) atoms. The molecule has 3 aromatic carbocycles. The molecule has 1 amide bonds. The van der Waals surface area contributed by atoms with E-state index in [1.807, 2.05) is 42.6 Å². The molecular weight excluding hydrogens is 566 g/mol. The van der Waals surface area contributed by atoms with Gasteiger partial charge in [-0.2, -0.15) is 0 Å². The number of para-hydroxylation sites is 1. The van der Waals surface area contributed by atoms with Crippen LogP contribution in [0.1, 0.15) is 16.1 Å². The number of aromatic nitrogens is 1. The van der Waals surface area contributed by atoms with Crippen molar-refractivity contribution in [3.63, 3.8) is 0 Å². The number of hydrazine groups is 1. The van der Waals surface area contributed by atoms with Gasteiger partial charge >= 0.3 is 11.9 Å². The lowest BCUT2D eigenvalue weighted by molar-refractivity contribution is -0.147. The zero-order valence-corrected chi connectivity index (χ0v) is 22.7. The maximum Gasteiger partial charge on any atom is 0.325 e. The second-order valence-corrected chi connectivity index (χ2v) is 9.73. The number of nitrogens with one attached hydrogen (secondary N) is 2. The Morgan fingerprint density at radius 2 is 1.85 bits per heavy atom. The Kier molecular flexibility index (Phi) is 7.49. The van der Waals surface area contributed by atoms with E-state index in [1.165, 1.54) is 12.1 Å². The van der Waals surface area contributed by atoms with Crippen LogP contribution in [-0.4, -0.2) is 42.1 Å². The van der Waals surface area contributed by atoms with Crippen molar-refractivity contribution < 1.29 is 23.5 Å². The highest BCUT2D eigenvalue weighted by Gasteiger charge is 2.28. The predicted octanol–water partition coefficient (Wildman–Crippen LogP) is 5.19. The Hall–Kier alpha value is -4.41. The summed E-state index contributed by atoms with van der Waals surface area (Å²) in [6.45, 7) is 0. The van der Waals surface area contributed by atoms with Crippen LogP contribution >= 0.6 is 15.9 Å². The zero-order valence-electron chi connectivity index (χ0n) is 21.1. The fraction of sp³-hybridized carbons (Fsp3) is 0.138. The first kappa shape index (κ1) is 26.2. The van der Waals surface area contributed by atoms with Gasteiger partial charge in [-0.05, 0) is 48.0 Å². The summed E-state index contributed by atoms with van der Waals surface area (Å²) in [6, 6.07) is 20.1. The highest BCUT2D eigenvalue weighted by Crippen LogP contribution is 2.29. The number of nitrogens with zero attached hydrogens (tertiary/aromatic N) is 1. The van der Waals surface area contributed by atoms with Gasteiger partial charge in [-0.25, -0.2) is 5.01 Å². The number of carbonyl (C=O) groups excluding carboxylic acids is 2. The Bertz CT molecular complexity index is 1730. The van der Waals surface area contributed by atoms with Crippen LogP contribution in [0.5, 0.6) is 11.5 Å². The van der Waals surface area contributed by atoms with Crippen molar-refractivity contribution in [2.24, 2.45) is 0 Å². The van der Waals surface area contributed by atoms with Crippen molar-refractivity contribution >= 4 is 49.7 Å². The molecule has 5 aromatic rings. The van der Waals surface area contributed by atoms with Crippen LogP contribution in [-0.2, 0) is 16.0 Å².